The number of rotatable bonds is 5. The third-order valence-electron chi connectivity index (χ3n) is 4.99. The van der Waals surface area contributed by atoms with E-state index in [1.54, 1.807) is 38.1 Å². The predicted octanol–water partition coefficient (Wildman–Crippen LogP) is 6.72. The van der Waals surface area contributed by atoms with E-state index in [1.165, 1.54) is 7.11 Å². The maximum absolute atomic E-state index is 13.7. The second-order valence-corrected chi connectivity index (χ2v) is 7.03. The van der Waals surface area contributed by atoms with Crippen LogP contribution in [0.25, 0.3) is 10.9 Å². The first kappa shape index (κ1) is 19.6. The van der Waals surface area contributed by atoms with Gasteiger partial charge < -0.3 is 9.30 Å². The lowest BCUT2D eigenvalue weighted by Gasteiger charge is -2.20. The van der Waals surface area contributed by atoms with Gasteiger partial charge in [-0.2, -0.15) is 13.2 Å². The third kappa shape index (κ3) is 3.79. The highest BCUT2D eigenvalue weighted by Gasteiger charge is 2.42. The van der Waals surface area contributed by atoms with Crippen molar-refractivity contribution in [1.82, 2.24) is 4.57 Å². The zero-order valence-corrected chi connectivity index (χ0v) is 16.2. The minimum atomic E-state index is -4.30. The molecule has 0 N–H and O–H groups in total. The number of fused-ring (bicyclic) bond motifs is 1. The fourth-order valence-corrected chi connectivity index (χ4v) is 3.76. The molecule has 2 nitrogen and oxygen atoms in total. The molecule has 0 aliphatic carbocycles. The highest BCUT2D eigenvalue weighted by molar-refractivity contribution is 6.30. The van der Waals surface area contributed by atoms with E-state index in [0.717, 1.165) is 11.1 Å². The molecule has 0 bridgehead atoms. The molecule has 2 aromatic carbocycles. The summed E-state index contributed by atoms with van der Waals surface area (Å²) < 4.78 is 48.3. The summed E-state index contributed by atoms with van der Waals surface area (Å²) in [6.07, 6.45) is -4.32. The number of halogens is 4. The first-order chi connectivity index (χ1) is 12.8. The molecule has 0 amide bonds. The van der Waals surface area contributed by atoms with Gasteiger partial charge in [-0.25, -0.2) is 0 Å². The average Bonchev–Trinajstić information content (AvgIpc) is 2.88. The van der Waals surface area contributed by atoms with Crippen LogP contribution in [0.1, 0.15) is 36.1 Å². The first-order valence-electron chi connectivity index (χ1n) is 8.74. The zero-order valence-electron chi connectivity index (χ0n) is 15.4. The van der Waals surface area contributed by atoms with Gasteiger partial charge in [0.15, 0.2) is 0 Å². The van der Waals surface area contributed by atoms with Crippen LogP contribution in [-0.2, 0) is 6.54 Å². The van der Waals surface area contributed by atoms with E-state index in [2.05, 4.69) is 0 Å². The number of hydrogen-bond acceptors (Lipinski definition) is 1. The molecule has 3 aromatic rings. The molecule has 0 spiro atoms. The Morgan fingerprint density at radius 2 is 1.78 bits per heavy atom. The lowest BCUT2D eigenvalue weighted by molar-refractivity contribution is -0.150. The quantitative estimate of drug-likeness (QED) is 0.468. The highest BCUT2D eigenvalue weighted by atomic mass is 35.5. The molecular weight excluding hydrogens is 375 g/mol. The van der Waals surface area contributed by atoms with Crippen molar-refractivity contribution in [1.29, 1.82) is 0 Å². The van der Waals surface area contributed by atoms with Crippen molar-refractivity contribution in [2.75, 3.05) is 7.11 Å². The molecule has 1 aromatic heterocycles. The van der Waals surface area contributed by atoms with Gasteiger partial charge in [0, 0.05) is 28.2 Å². The molecule has 1 heterocycles. The van der Waals surface area contributed by atoms with Crippen molar-refractivity contribution in [3.05, 3.63) is 64.3 Å². The summed E-state index contributed by atoms with van der Waals surface area (Å²) >= 11 is 5.94. The molecule has 0 aliphatic rings. The number of nitrogens with zero attached hydrogens (tertiary/aromatic N) is 1. The second-order valence-electron chi connectivity index (χ2n) is 6.60. The van der Waals surface area contributed by atoms with Crippen LogP contribution in [0.3, 0.4) is 0 Å². The maximum Gasteiger partial charge on any atom is 0.395 e. The van der Waals surface area contributed by atoms with Gasteiger partial charge in [0.25, 0.3) is 0 Å². The average molecular weight is 396 g/mol. The predicted molar refractivity (Wildman–Crippen MR) is 103 cm³/mol. The minimum Gasteiger partial charge on any atom is -0.497 e. The van der Waals surface area contributed by atoms with Crippen molar-refractivity contribution in [3.63, 3.8) is 0 Å². The van der Waals surface area contributed by atoms with Crippen LogP contribution in [0.5, 0.6) is 5.75 Å². The molecule has 0 radical (unpaired) electrons. The lowest BCUT2D eigenvalue weighted by atomic mass is 9.93. The Kier molecular flexibility index (Phi) is 5.43. The van der Waals surface area contributed by atoms with E-state index < -0.39 is 12.1 Å². The van der Waals surface area contributed by atoms with Crippen LogP contribution >= 0.6 is 11.6 Å². The highest BCUT2D eigenvalue weighted by Crippen LogP contribution is 2.44. The summed E-state index contributed by atoms with van der Waals surface area (Å²) in [7, 11) is 1.51. The fourth-order valence-electron chi connectivity index (χ4n) is 3.63. The number of benzene rings is 2. The van der Waals surface area contributed by atoms with Crippen LogP contribution in [0.4, 0.5) is 13.2 Å². The Bertz CT molecular complexity index is 945. The van der Waals surface area contributed by atoms with Crippen LogP contribution < -0.4 is 4.74 Å². The summed E-state index contributed by atoms with van der Waals surface area (Å²) in [6.45, 7) is 3.80. The van der Waals surface area contributed by atoms with Crippen LogP contribution in [0.2, 0.25) is 5.02 Å². The van der Waals surface area contributed by atoms with E-state index in [4.69, 9.17) is 16.3 Å². The Balaban J connectivity index is 2.22. The van der Waals surface area contributed by atoms with Gasteiger partial charge in [-0.05, 0) is 54.8 Å². The molecule has 0 aliphatic heterocycles. The molecule has 0 saturated heterocycles. The van der Waals surface area contributed by atoms with E-state index in [1.807, 2.05) is 22.8 Å². The van der Waals surface area contributed by atoms with Crippen molar-refractivity contribution < 1.29 is 17.9 Å². The van der Waals surface area contributed by atoms with Crippen LogP contribution in [-0.4, -0.2) is 17.9 Å². The van der Waals surface area contributed by atoms with E-state index in [9.17, 15) is 13.2 Å². The van der Waals surface area contributed by atoms with Crippen LogP contribution in [0, 0.1) is 6.92 Å². The third-order valence-corrected chi connectivity index (χ3v) is 5.24. The van der Waals surface area contributed by atoms with Crippen LogP contribution in [0.15, 0.2) is 42.5 Å². The smallest absolute Gasteiger partial charge is 0.395 e. The SMILES string of the molecule is CCC(c1c(C)n(Cc2ccc(Cl)cc2)c2ccc(OC)cc12)C(F)(F)F. The lowest BCUT2D eigenvalue weighted by Crippen LogP contribution is -2.21. The van der Waals surface area contributed by atoms with Crippen molar-refractivity contribution in [2.24, 2.45) is 0 Å². The summed E-state index contributed by atoms with van der Waals surface area (Å²) in [6, 6.07) is 12.6. The summed E-state index contributed by atoms with van der Waals surface area (Å²) in [4.78, 5) is 0. The Morgan fingerprint density at radius 3 is 2.33 bits per heavy atom. The molecular formula is C21H21ClF3NO. The molecule has 3 rings (SSSR count). The fraction of sp³-hybridized carbons (Fsp3) is 0.333. The normalized spacial score (nSPS) is 13.1. The molecule has 6 heteroatoms. The van der Waals surface area contributed by atoms with E-state index in [0.29, 0.717) is 34.0 Å². The summed E-state index contributed by atoms with van der Waals surface area (Å²) in [5.74, 6) is -0.969. The van der Waals surface area contributed by atoms with Gasteiger partial charge in [0.2, 0.25) is 0 Å². The summed E-state index contributed by atoms with van der Waals surface area (Å²) in [5, 5.41) is 1.21. The number of aromatic nitrogens is 1. The minimum absolute atomic E-state index is 0.0123. The maximum atomic E-state index is 13.7. The summed E-state index contributed by atoms with van der Waals surface area (Å²) in [5.41, 5.74) is 2.69. The Labute approximate surface area is 161 Å². The van der Waals surface area contributed by atoms with E-state index in [-0.39, 0.29) is 6.42 Å². The number of methoxy groups -OCH3 is 1. The molecule has 0 saturated carbocycles. The van der Waals surface area contributed by atoms with Gasteiger partial charge in [0.05, 0.1) is 13.0 Å². The topological polar surface area (TPSA) is 14.2 Å². The van der Waals surface area contributed by atoms with Gasteiger partial charge >= 0.3 is 6.18 Å². The second kappa shape index (κ2) is 7.47. The Morgan fingerprint density at radius 1 is 1.11 bits per heavy atom. The molecule has 1 atom stereocenters. The molecule has 144 valence electrons. The van der Waals surface area contributed by atoms with E-state index >= 15 is 0 Å². The zero-order chi connectivity index (χ0) is 19.8. The monoisotopic (exact) mass is 395 g/mol. The van der Waals surface area contributed by atoms with Crippen molar-refractivity contribution in [3.8, 4) is 5.75 Å². The van der Waals surface area contributed by atoms with Gasteiger partial charge in [-0.3, -0.25) is 0 Å². The molecule has 1 unspecified atom stereocenters. The van der Waals surface area contributed by atoms with Gasteiger partial charge in [-0.1, -0.05) is 30.7 Å². The van der Waals surface area contributed by atoms with Gasteiger partial charge in [-0.15, -0.1) is 0 Å². The number of alkyl halides is 3. The largest absolute Gasteiger partial charge is 0.497 e. The number of hydrogen-bond donors (Lipinski definition) is 0. The Hall–Kier alpha value is -2.14. The van der Waals surface area contributed by atoms with Gasteiger partial charge in [0.1, 0.15) is 5.75 Å². The molecule has 0 fully saturated rings. The standard InChI is InChI=1S/C21H21ClF3NO/c1-4-18(21(23,24)25)20-13(2)26(12-14-5-7-15(22)8-6-14)19-10-9-16(27-3)11-17(19)20/h5-11,18H,4,12H2,1-3H3. The molecule has 27 heavy (non-hydrogen) atoms. The van der Waals surface area contributed by atoms with Crippen molar-refractivity contribution >= 4 is 22.5 Å². The first-order valence-corrected chi connectivity index (χ1v) is 9.12. The number of ether oxygens (including phenoxy) is 1. The van der Waals surface area contributed by atoms with Crippen molar-refractivity contribution in [2.45, 2.75) is 38.9 Å².